The molecule has 4 rings (SSSR count). The molecule has 2 fully saturated rings. The van der Waals surface area contributed by atoms with Gasteiger partial charge in [0.25, 0.3) is 0 Å². The highest BCUT2D eigenvalue weighted by Crippen LogP contribution is 2.50. The topological polar surface area (TPSA) is 194 Å². The molecule has 0 spiro atoms. The third-order valence-corrected chi connectivity index (χ3v) is 6.83. The summed E-state index contributed by atoms with van der Waals surface area (Å²) >= 11 is 0. The first kappa shape index (κ1) is 21.1. The molecule has 1 aromatic heterocycles. The van der Waals surface area contributed by atoms with Crippen molar-refractivity contribution in [3.8, 4) is 5.75 Å². The number of hydrogen-bond donors (Lipinski definition) is 4. The van der Waals surface area contributed by atoms with E-state index in [1.54, 1.807) is 0 Å². The molecule has 0 saturated heterocycles. The lowest BCUT2D eigenvalue weighted by Crippen LogP contribution is -2.74. The van der Waals surface area contributed by atoms with Gasteiger partial charge >= 0.3 is 0 Å². The lowest BCUT2D eigenvalue weighted by Gasteiger charge is -2.52. The van der Waals surface area contributed by atoms with Gasteiger partial charge in [0.2, 0.25) is 5.91 Å². The smallest absolute Gasteiger partial charge is 0.235 e. The fraction of sp³-hybridized carbons (Fsp3) is 0.500. The van der Waals surface area contributed by atoms with E-state index in [4.69, 9.17) is 11.5 Å². The first-order valence-electron chi connectivity index (χ1n) is 9.73. The normalized spacial score (nSPS) is 34.9. The number of rotatable bonds is 2. The van der Waals surface area contributed by atoms with Gasteiger partial charge in [0.05, 0.1) is 17.5 Å². The number of nitrogens with zero attached hydrogens (tertiary/aromatic N) is 2. The molecule has 3 aliphatic rings. The van der Waals surface area contributed by atoms with Gasteiger partial charge in [0.1, 0.15) is 0 Å². The number of nitrogens with two attached hydrogens (primary N) is 2. The van der Waals surface area contributed by atoms with Gasteiger partial charge in [-0.25, -0.2) is 4.98 Å². The van der Waals surface area contributed by atoms with Crippen molar-refractivity contribution >= 4 is 34.9 Å². The number of Topliss-reactive ketones (excluding diaryl/α,β-unsaturated/α-hetero) is 4. The van der Waals surface area contributed by atoms with Gasteiger partial charge in [0.15, 0.2) is 46.2 Å². The Morgan fingerprint density at radius 2 is 1.87 bits per heavy atom. The summed E-state index contributed by atoms with van der Waals surface area (Å²) in [6, 6.07) is -1.13. The van der Waals surface area contributed by atoms with E-state index in [0.717, 1.165) is 0 Å². The second kappa shape index (κ2) is 6.66. The number of aromatic nitrogens is 1. The molecule has 1 heterocycles. The summed E-state index contributed by atoms with van der Waals surface area (Å²) < 4.78 is 0. The summed E-state index contributed by atoms with van der Waals surface area (Å²) in [7, 11) is 3.05. The van der Waals surface area contributed by atoms with Crippen LogP contribution in [0.15, 0.2) is 6.20 Å². The number of aromatic hydroxyl groups is 1. The first-order chi connectivity index (χ1) is 14.4. The standard InChI is InChI=1S/C20H22N4O7/c1-24(2)12-8-4-6-3-7-5-23-18(21)15(27)9(7)13(25)10(6)16(28)20(8,31)17(29)11(14(12)26)19(22)30/h5-6,8,10-12,27,31H,3-4H2,1-2H3,(H2,21,23)(H2,22,30)/t6-,8-,10?,11?,12-,20-/m0/s1. The number of fused-ring (bicyclic) bond motifs is 3. The van der Waals surface area contributed by atoms with E-state index in [1.165, 1.54) is 25.2 Å². The van der Waals surface area contributed by atoms with Gasteiger partial charge in [-0.2, -0.15) is 0 Å². The van der Waals surface area contributed by atoms with Crippen LogP contribution in [-0.4, -0.2) is 74.9 Å². The molecule has 0 aromatic carbocycles. The summed E-state index contributed by atoms with van der Waals surface area (Å²) in [6.07, 6.45) is 1.50. The van der Waals surface area contributed by atoms with Crippen LogP contribution in [-0.2, 0) is 25.6 Å². The van der Waals surface area contributed by atoms with Gasteiger partial charge < -0.3 is 21.7 Å². The van der Waals surface area contributed by atoms with Crippen LogP contribution in [0.2, 0.25) is 0 Å². The van der Waals surface area contributed by atoms with Gasteiger partial charge in [-0.3, -0.25) is 28.9 Å². The SMILES string of the molecule is CN(C)[C@@H]1C(=O)C(C(N)=O)C(=O)[C@@]2(O)C(=O)C3C(=O)c4c(cnc(N)c4O)C[C@H]3C[C@@H]12. The second-order valence-corrected chi connectivity index (χ2v) is 8.68. The Morgan fingerprint density at radius 1 is 1.23 bits per heavy atom. The minimum atomic E-state index is -2.73. The van der Waals surface area contributed by atoms with Crippen LogP contribution < -0.4 is 11.5 Å². The lowest BCUT2D eigenvalue weighted by molar-refractivity contribution is -0.181. The predicted molar refractivity (Wildman–Crippen MR) is 104 cm³/mol. The van der Waals surface area contributed by atoms with E-state index in [0.29, 0.717) is 5.56 Å². The van der Waals surface area contributed by atoms with Crippen molar-refractivity contribution < 1.29 is 34.2 Å². The largest absolute Gasteiger partial charge is 0.504 e. The minimum absolute atomic E-state index is 0.00493. The van der Waals surface area contributed by atoms with Crippen LogP contribution in [0.3, 0.4) is 0 Å². The Hall–Kier alpha value is -3.18. The number of pyridine rings is 1. The van der Waals surface area contributed by atoms with Crippen molar-refractivity contribution in [1.82, 2.24) is 9.88 Å². The molecule has 2 saturated carbocycles. The fourth-order valence-electron chi connectivity index (χ4n) is 5.49. The zero-order valence-electron chi connectivity index (χ0n) is 16.9. The molecule has 11 heteroatoms. The highest BCUT2D eigenvalue weighted by molar-refractivity contribution is 6.32. The molecular formula is C20H22N4O7. The molecule has 2 unspecified atom stereocenters. The van der Waals surface area contributed by atoms with E-state index in [2.05, 4.69) is 4.98 Å². The van der Waals surface area contributed by atoms with Crippen molar-refractivity contribution in [2.75, 3.05) is 19.8 Å². The molecule has 1 amide bonds. The van der Waals surface area contributed by atoms with Crippen LogP contribution in [0.4, 0.5) is 5.82 Å². The van der Waals surface area contributed by atoms with E-state index >= 15 is 0 Å². The van der Waals surface area contributed by atoms with Gasteiger partial charge in [-0.1, -0.05) is 0 Å². The molecule has 3 aliphatic carbocycles. The van der Waals surface area contributed by atoms with E-state index < -0.39 is 70.1 Å². The number of ketones is 4. The highest BCUT2D eigenvalue weighted by atomic mass is 16.3. The summed E-state index contributed by atoms with van der Waals surface area (Å²) in [6.45, 7) is 0. The zero-order valence-corrected chi connectivity index (χ0v) is 16.9. The number of primary amides is 1. The average Bonchev–Trinajstić information content (AvgIpc) is 2.67. The third kappa shape index (κ3) is 2.59. The van der Waals surface area contributed by atoms with Crippen LogP contribution in [0.25, 0.3) is 0 Å². The van der Waals surface area contributed by atoms with Crippen LogP contribution in [0, 0.1) is 23.7 Å². The van der Waals surface area contributed by atoms with E-state index in [1.807, 2.05) is 0 Å². The Labute approximate surface area is 176 Å². The zero-order chi connectivity index (χ0) is 23.0. The Balaban J connectivity index is 1.87. The molecule has 1 aromatic rings. The maximum absolute atomic E-state index is 13.5. The lowest BCUT2D eigenvalue weighted by atomic mass is 9.52. The summed E-state index contributed by atoms with van der Waals surface area (Å²) in [5.74, 6) is -11.3. The summed E-state index contributed by atoms with van der Waals surface area (Å²) in [4.78, 5) is 69.8. The monoisotopic (exact) mass is 430 g/mol. The number of hydrogen-bond acceptors (Lipinski definition) is 10. The molecule has 164 valence electrons. The Bertz CT molecular complexity index is 1070. The first-order valence-corrected chi connectivity index (χ1v) is 9.73. The van der Waals surface area contributed by atoms with Gasteiger partial charge in [0, 0.05) is 12.1 Å². The number of carbonyl (C=O) groups is 5. The van der Waals surface area contributed by atoms with Crippen LogP contribution >= 0.6 is 0 Å². The van der Waals surface area contributed by atoms with Crippen molar-refractivity contribution in [2.45, 2.75) is 24.5 Å². The number of nitrogen functional groups attached to an aromatic ring is 1. The Kier molecular flexibility index (Phi) is 4.53. The quantitative estimate of drug-likeness (QED) is 0.375. The van der Waals surface area contributed by atoms with Crippen molar-refractivity contribution in [1.29, 1.82) is 0 Å². The average molecular weight is 430 g/mol. The van der Waals surface area contributed by atoms with Gasteiger partial charge in [-0.15, -0.1) is 0 Å². The maximum Gasteiger partial charge on any atom is 0.235 e. The van der Waals surface area contributed by atoms with Crippen molar-refractivity contribution in [2.24, 2.45) is 29.4 Å². The highest BCUT2D eigenvalue weighted by Gasteiger charge is 2.69. The van der Waals surface area contributed by atoms with Gasteiger partial charge in [-0.05, 0) is 38.4 Å². The third-order valence-electron chi connectivity index (χ3n) is 6.83. The van der Waals surface area contributed by atoms with Crippen LogP contribution in [0.1, 0.15) is 22.3 Å². The van der Waals surface area contributed by atoms with Crippen molar-refractivity contribution in [3.05, 3.63) is 17.3 Å². The number of anilines is 1. The summed E-state index contributed by atoms with van der Waals surface area (Å²) in [5.41, 5.74) is 8.33. The molecule has 6 N–H and O–H groups in total. The van der Waals surface area contributed by atoms with E-state index in [-0.39, 0.29) is 24.2 Å². The minimum Gasteiger partial charge on any atom is -0.504 e. The van der Waals surface area contributed by atoms with E-state index in [9.17, 15) is 34.2 Å². The molecule has 0 aliphatic heterocycles. The van der Waals surface area contributed by atoms with Crippen LogP contribution in [0.5, 0.6) is 5.75 Å². The molecular weight excluding hydrogens is 408 g/mol. The molecule has 0 radical (unpaired) electrons. The fourth-order valence-corrected chi connectivity index (χ4v) is 5.49. The molecule has 31 heavy (non-hydrogen) atoms. The number of likely N-dealkylation sites (N-methyl/N-ethyl adjacent to an activating group) is 1. The number of amides is 1. The molecule has 11 nitrogen and oxygen atoms in total. The van der Waals surface area contributed by atoms with Crippen molar-refractivity contribution in [3.63, 3.8) is 0 Å². The molecule has 6 atom stereocenters. The summed E-state index contributed by atoms with van der Waals surface area (Å²) in [5, 5.41) is 21.6. The number of carbonyl (C=O) groups excluding carboxylic acids is 5. The number of aliphatic hydroxyl groups is 1. The molecule has 0 bridgehead atoms. The second-order valence-electron chi connectivity index (χ2n) is 8.68. The Morgan fingerprint density at radius 3 is 2.45 bits per heavy atom. The predicted octanol–water partition coefficient (Wildman–Crippen LogP) is -2.16. The maximum atomic E-state index is 13.5.